The summed E-state index contributed by atoms with van der Waals surface area (Å²) in [5.41, 5.74) is 1.92. The number of carbonyl (C=O) groups excluding carboxylic acids is 1. The predicted octanol–water partition coefficient (Wildman–Crippen LogP) is 4.56. The van der Waals surface area contributed by atoms with Crippen LogP contribution in [0.3, 0.4) is 0 Å². The highest BCUT2D eigenvalue weighted by Crippen LogP contribution is 2.46. The maximum absolute atomic E-state index is 13.6. The molecule has 0 atom stereocenters. The fourth-order valence-corrected chi connectivity index (χ4v) is 4.75. The molecule has 3 aromatic heterocycles. The summed E-state index contributed by atoms with van der Waals surface area (Å²) in [5.74, 6) is 0.297. The molecular weight excluding hydrogens is 533 g/mol. The van der Waals surface area contributed by atoms with Gasteiger partial charge in [0, 0.05) is 37.4 Å². The van der Waals surface area contributed by atoms with Crippen molar-refractivity contribution in [3.63, 3.8) is 0 Å². The lowest BCUT2D eigenvalue weighted by Gasteiger charge is -2.17. The van der Waals surface area contributed by atoms with Gasteiger partial charge in [0.2, 0.25) is 5.91 Å². The number of nitrogens with one attached hydrogen (secondary N) is 1. The maximum atomic E-state index is 13.6. The molecular formula is C26H25Cl2N5O5. The van der Waals surface area contributed by atoms with Gasteiger partial charge in [-0.15, -0.1) is 0 Å². The standard InChI is InChI=1S/C26H25Cl2N5O5/c1-6-21(34)31-17-13-30-33(7-8-36-3)25(17)16-10-15-14(12-29-16)9-18(32(2)26(15)35)22-23(27)19(37-4)11-20(38-5)24(22)28/h6,9-13H,1,7-8H2,2-5H3,(H,31,34). The maximum Gasteiger partial charge on any atom is 0.258 e. The van der Waals surface area contributed by atoms with Crippen LogP contribution in [0.2, 0.25) is 10.0 Å². The first-order valence-corrected chi connectivity index (χ1v) is 12.1. The Hall–Kier alpha value is -3.86. The highest BCUT2D eigenvalue weighted by molar-refractivity contribution is 6.41. The number of methoxy groups -OCH3 is 3. The molecule has 198 valence electrons. The number of aromatic nitrogens is 4. The lowest BCUT2D eigenvalue weighted by atomic mass is 10.1. The van der Waals surface area contributed by atoms with Crippen LogP contribution in [0.1, 0.15) is 0 Å². The number of carbonyl (C=O) groups is 1. The molecule has 0 radical (unpaired) electrons. The van der Waals surface area contributed by atoms with Crippen molar-refractivity contribution in [1.82, 2.24) is 19.3 Å². The van der Waals surface area contributed by atoms with Crippen molar-refractivity contribution >= 4 is 45.6 Å². The van der Waals surface area contributed by atoms with Crippen LogP contribution >= 0.6 is 23.2 Å². The molecule has 4 aromatic rings. The number of amides is 1. The summed E-state index contributed by atoms with van der Waals surface area (Å²) < 4.78 is 19.0. The fourth-order valence-electron chi connectivity index (χ4n) is 4.06. The third kappa shape index (κ3) is 4.85. The molecule has 0 saturated heterocycles. The van der Waals surface area contributed by atoms with E-state index in [1.165, 1.54) is 25.0 Å². The molecule has 0 bridgehead atoms. The first kappa shape index (κ1) is 27.2. The minimum Gasteiger partial charge on any atom is -0.495 e. The second-order valence-electron chi connectivity index (χ2n) is 8.15. The molecule has 38 heavy (non-hydrogen) atoms. The molecule has 0 aliphatic rings. The van der Waals surface area contributed by atoms with Crippen molar-refractivity contribution in [3.05, 3.63) is 63.6 Å². The van der Waals surface area contributed by atoms with E-state index in [-0.39, 0.29) is 15.6 Å². The van der Waals surface area contributed by atoms with E-state index >= 15 is 0 Å². The van der Waals surface area contributed by atoms with Gasteiger partial charge in [-0.2, -0.15) is 5.10 Å². The van der Waals surface area contributed by atoms with Gasteiger partial charge in [0.15, 0.2) is 0 Å². The smallest absolute Gasteiger partial charge is 0.258 e. The molecule has 1 amide bonds. The van der Waals surface area contributed by atoms with Crippen LogP contribution in [0, 0.1) is 0 Å². The van der Waals surface area contributed by atoms with Crippen molar-refractivity contribution in [2.45, 2.75) is 6.54 Å². The van der Waals surface area contributed by atoms with E-state index in [0.29, 0.717) is 63.8 Å². The Morgan fingerprint density at radius 1 is 1.11 bits per heavy atom. The van der Waals surface area contributed by atoms with Gasteiger partial charge in [0.05, 0.1) is 66.1 Å². The Kier molecular flexibility index (Phi) is 8.05. The SMILES string of the molecule is C=CC(=O)Nc1cnn(CCOC)c1-c1cc2c(=O)n(C)c(-c3c(Cl)c(OC)cc(OC)c3Cl)cc2cn1. The monoisotopic (exact) mass is 557 g/mol. The number of pyridine rings is 2. The Balaban J connectivity index is 1.93. The van der Waals surface area contributed by atoms with Gasteiger partial charge in [0.25, 0.3) is 5.56 Å². The summed E-state index contributed by atoms with van der Waals surface area (Å²) in [6.45, 7) is 4.28. The molecule has 0 saturated carbocycles. The molecule has 4 rings (SSSR count). The number of anilines is 1. The minimum atomic E-state index is -0.402. The van der Waals surface area contributed by atoms with E-state index in [1.54, 1.807) is 43.2 Å². The van der Waals surface area contributed by atoms with E-state index in [4.69, 9.17) is 37.4 Å². The Morgan fingerprint density at radius 3 is 2.39 bits per heavy atom. The largest absolute Gasteiger partial charge is 0.495 e. The third-order valence-electron chi connectivity index (χ3n) is 5.99. The van der Waals surface area contributed by atoms with E-state index in [1.807, 2.05) is 0 Å². The van der Waals surface area contributed by atoms with Crippen LogP contribution in [0.5, 0.6) is 11.5 Å². The number of hydrogen-bond acceptors (Lipinski definition) is 7. The third-order valence-corrected chi connectivity index (χ3v) is 6.74. The number of hydrogen-bond donors (Lipinski definition) is 1. The molecule has 0 unspecified atom stereocenters. The quantitative estimate of drug-likeness (QED) is 0.300. The van der Waals surface area contributed by atoms with Gasteiger partial charge in [0.1, 0.15) is 17.2 Å². The number of benzene rings is 1. The first-order valence-electron chi connectivity index (χ1n) is 11.3. The molecule has 1 N–H and O–H groups in total. The van der Waals surface area contributed by atoms with Gasteiger partial charge in [-0.25, -0.2) is 0 Å². The molecule has 1 aromatic carbocycles. The average Bonchev–Trinajstić information content (AvgIpc) is 3.32. The van der Waals surface area contributed by atoms with Gasteiger partial charge >= 0.3 is 0 Å². The highest BCUT2D eigenvalue weighted by Gasteiger charge is 2.23. The van der Waals surface area contributed by atoms with Crippen molar-refractivity contribution in [3.8, 4) is 34.1 Å². The molecule has 12 heteroatoms. The van der Waals surface area contributed by atoms with Gasteiger partial charge in [-0.05, 0) is 18.2 Å². The van der Waals surface area contributed by atoms with E-state index in [0.717, 1.165) is 6.08 Å². The zero-order valence-electron chi connectivity index (χ0n) is 21.2. The minimum absolute atomic E-state index is 0.238. The molecule has 0 aliphatic heterocycles. The van der Waals surface area contributed by atoms with Crippen LogP contribution < -0.4 is 20.3 Å². The Bertz CT molecular complexity index is 1580. The number of fused-ring (bicyclic) bond motifs is 1. The van der Waals surface area contributed by atoms with Gasteiger partial charge in [-0.1, -0.05) is 29.8 Å². The van der Waals surface area contributed by atoms with Crippen LogP contribution in [-0.2, 0) is 23.1 Å². The zero-order chi connectivity index (χ0) is 27.6. The summed E-state index contributed by atoms with van der Waals surface area (Å²) in [6.07, 6.45) is 4.24. The summed E-state index contributed by atoms with van der Waals surface area (Å²) in [4.78, 5) is 30.2. The van der Waals surface area contributed by atoms with Gasteiger partial charge < -0.3 is 24.1 Å². The van der Waals surface area contributed by atoms with E-state index < -0.39 is 5.91 Å². The highest BCUT2D eigenvalue weighted by atomic mass is 35.5. The summed E-state index contributed by atoms with van der Waals surface area (Å²) in [7, 11) is 6.16. The lowest BCUT2D eigenvalue weighted by molar-refractivity contribution is -0.111. The lowest BCUT2D eigenvalue weighted by Crippen LogP contribution is -2.19. The molecule has 3 heterocycles. The molecule has 0 spiro atoms. The molecule has 0 aliphatic carbocycles. The second kappa shape index (κ2) is 11.3. The summed E-state index contributed by atoms with van der Waals surface area (Å²) in [5, 5.41) is 8.52. The zero-order valence-corrected chi connectivity index (χ0v) is 22.7. The average molecular weight is 558 g/mol. The van der Waals surface area contributed by atoms with Crippen molar-refractivity contribution in [2.24, 2.45) is 7.05 Å². The summed E-state index contributed by atoms with van der Waals surface area (Å²) >= 11 is 13.2. The van der Waals surface area contributed by atoms with Crippen LogP contribution in [0.4, 0.5) is 5.69 Å². The van der Waals surface area contributed by atoms with Crippen LogP contribution in [-0.4, -0.2) is 53.2 Å². The fraction of sp³-hybridized carbons (Fsp3) is 0.231. The number of nitrogens with zero attached hydrogens (tertiary/aromatic N) is 4. The van der Waals surface area contributed by atoms with Crippen LogP contribution in [0.15, 0.2) is 48.0 Å². The topological polar surface area (TPSA) is 110 Å². The van der Waals surface area contributed by atoms with Crippen molar-refractivity contribution in [2.75, 3.05) is 33.3 Å². The first-order chi connectivity index (χ1) is 18.2. The predicted molar refractivity (Wildman–Crippen MR) is 147 cm³/mol. The van der Waals surface area contributed by atoms with Crippen molar-refractivity contribution in [1.29, 1.82) is 0 Å². The van der Waals surface area contributed by atoms with Gasteiger partial charge in [-0.3, -0.25) is 19.3 Å². The van der Waals surface area contributed by atoms with E-state index in [9.17, 15) is 9.59 Å². The normalized spacial score (nSPS) is 11.0. The number of ether oxygens (including phenoxy) is 3. The Morgan fingerprint density at radius 2 is 1.79 bits per heavy atom. The Labute approximate surface area is 228 Å². The molecule has 10 nitrogen and oxygen atoms in total. The van der Waals surface area contributed by atoms with Crippen LogP contribution in [0.25, 0.3) is 33.4 Å². The van der Waals surface area contributed by atoms with E-state index in [2.05, 4.69) is 22.0 Å². The summed E-state index contributed by atoms with van der Waals surface area (Å²) in [6, 6.07) is 5.00. The number of halogens is 2. The number of rotatable bonds is 9. The molecule has 0 fully saturated rings. The van der Waals surface area contributed by atoms with Crippen molar-refractivity contribution < 1.29 is 19.0 Å². The second-order valence-corrected chi connectivity index (χ2v) is 8.91.